The molecule has 0 aliphatic carbocycles. The monoisotopic (exact) mass is 239 g/mol. The van der Waals surface area contributed by atoms with Crippen LogP contribution in [0, 0.1) is 0 Å². The summed E-state index contributed by atoms with van der Waals surface area (Å²) in [6, 6.07) is 10.1. The van der Waals surface area contributed by atoms with Gasteiger partial charge in [-0.05, 0) is 12.0 Å². The molecule has 1 aromatic carbocycles. The lowest BCUT2D eigenvalue weighted by molar-refractivity contribution is -0.100. The lowest BCUT2D eigenvalue weighted by atomic mass is 10.1. The molecular formula is C13H21NO3. The maximum atomic E-state index is 9.30. The zero-order valence-corrected chi connectivity index (χ0v) is 10.4. The normalized spacial score (nSPS) is 12.9. The lowest BCUT2D eigenvalue weighted by Gasteiger charge is -2.20. The van der Waals surface area contributed by atoms with Crippen LogP contribution in [0.2, 0.25) is 0 Å². The Bertz CT molecular complexity index is 288. The molecule has 0 heterocycles. The number of aliphatic hydroxyl groups excluding tert-OH is 1. The van der Waals surface area contributed by atoms with E-state index in [-0.39, 0.29) is 18.9 Å². The van der Waals surface area contributed by atoms with E-state index in [9.17, 15) is 5.11 Å². The van der Waals surface area contributed by atoms with Crippen LogP contribution >= 0.6 is 0 Å². The predicted molar refractivity (Wildman–Crippen MR) is 66.8 cm³/mol. The van der Waals surface area contributed by atoms with E-state index < -0.39 is 0 Å². The molecule has 1 atom stereocenters. The van der Waals surface area contributed by atoms with E-state index in [4.69, 9.17) is 9.47 Å². The summed E-state index contributed by atoms with van der Waals surface area (Å²) in [6.45, 7) is 0.653. The van der Waals surface area contributed by atoms with Crippen molar-refractivity contribution in [2.75, 3.05) is 27.4 Å². The van der Waals surface area contributed by atoms with Gasteiger partial charge in [0.1, 0.15) is 0 Å². The van der Waals surface area contributed by atoms with E-state index in [1.165, 1.54) is 5.56 Å². The van der Waals surface area contributed by atoms with E-state index in [0.29, 0.717) is 6.54 Å². The number of benzene rings is 1. The average Bonchev–Trinajstić information content (AvgIpc) is 2.39. The summed E-state index contributed by atoms with van der Waals surface area (Å²) < 4.78 is 10.2. The number of ether oxygens (including phenoxy) is 2. The Morgan fingerprint density at radius 3 is 2.35 bits per heavy atom. The minimum absolute atomic E-state index is 0.0187. The van der Waals surface area contributed by atoms with Gasteiger partial charge in [-0.1, -0.05) is 30.3 Å². The van der Waals surface area contributed by atoms with Gasteiger partial charge in [-0.3, -0.25) is 0 Å². The van der Waals surface area contributed by atoms with Crippen molar-refractivity contribution in [1.82, 2.24) is 5.32 Å². The molecule has 0 amide bonds. The number of aliphatic hydroxyl groups is 1. The SMILES string of the molecule is COC(CNC(CO)Cc1ccccc1)OC. The quantitative estimate of drug-likeness (QED) is 0.659. The molecule has 0 radical (unpaired) electrons. The van der Waals surface area contributed by atoms with Gasteiger partial charge in [0.05, 0.1) is 6.61 Å². The molecule has 0 saturated heterocycles. The molecule has 96 valence electrons. The first-order valence-corrected chi connectivity index (χ1v) is 5.74. The Morgan fingerprint density at radius 2 is 1.82 bits per heavy atom. The average molecular weight is 239 g/mol. The Labute approximate surface area is 103 Å². The van der Waals surface area contributed by atoms with Gasteiger partial charge < -0.3 is 19.9 Å². The number of hydrogen-bond donors (Lipinski definition) is 2. The molecule has 0 aliphatic heterocycles. The third kappa shape index (κ3) is 5.28. The standard InChI is InChI=1S/C13H21NO3/c1-16-13(17-2)9-14-12(10-15)8-11-6-4-3-5-7-11/h3-7,12-15H,8-10H2,1-2H3. The summed E-state index contributed by atoms with van der Waals surface area (Å²) in [4.78, 5) is 0. The molecular weight excluding hydrogens is 218 g/mol. The second-order valence-corrected chi connectivity index (χ2v) is 3.88. The zero-order valence-electron chi connectivity index (χ0n) is 10.4. The van der Waals surface area contributed by atoms with Crippen molar-refractivity contribution in [2.45, 2.75) is 18.8 Å². The first kappa shape index (κ1) is 14.1. The van der Waals surface area contributed by atoms with Crippen LogP contribution < -0.4 is 5.32 Å². The van der Waals surface area contributed by atoms with Crippen LogP contribution in [0.15, 0.2) is 30.3 Å². The first-order valence-electron chi connectivity index (χ1n) is 5.74. The van der Waals surface area contributed by atoms with Crippen LogP contribution in [-0.4, -0.2) is 44.8 Å². The van der Waals surface area contributed by atoms with E-state index in [1.807, 2.05) is 18.2 Å². The van der Waals surface area contributed by atoms with Crippen molar-refractivity contribution in [1.29, 1.82) is 0 Å². The van der Waals surface area contributed by atoms with Crippen LogP contribution in [0.1, 0.15) is 5.56 Å². The highest BCUT2D eigenvalue weighted by molar-refractivity contribution is 5.15. The van der Waals surface area contributed by atoms with Crippen molar-refractivity contribution < 1.29 is 14.6 Å². The Morgan fingerprint density at radius 1 is 1.18 bits per heavy atom. The minimum Gasteiger partial charge on any atom is -0.395 e. The topological polar surface area (TPSA) is 50.7 Å². The van der Waals surface area contributed by atoms with Crippen molar-refractivity contribution in [3.8, 4) is 0 Å². The highest BCUT2D eigenvalue weighted by Gasteiger charge is 2.11. The van der Waals surface area contributed by atoms with Crippen LogP contribution in [0.4, 0.5) is 0 Å². The smallest absolute Gasteiger partial charge is 0.169 e. The fourth-order valence-electron chi connectivity index (χ4n) is 1.63. The van der Waals surface area contributed by atoms with E-state index in [2.05, 4.69) is 17.4 Å². The van der Waals surface area contributed by atoms with E-state index in [1.54, 1.807) is 14.2 Å². The summed E-state index contributed by atoms with van der Waals surface area (Å²) in [6.07, 6.45) is 0.511. The van der Waals surface area contributed by atoms with Crippen molar-refractivity contribution in [2.24, 2.45) is 0 Å². The van der Waals surface area contributed by atoms with Gasteiger partial charge in [0.2, 0.25) is 0 Å². The first-order chi connectivity index (χ1) is 8.30. The number of nitrogens with one attached hydrogen (secondary N) is 1. The van der Waals surface area contributed by atoms with Crippen LogP contribution in [-0.2, 0) is 15.9 Å². The number of rotatable bonds is 8. The van der Waals surface area contributed by atoms with Crippen molar-refractivity contribution in [3.05, 3.63) is 35.9 Å². The summed E-state index contributed by atoms with van der Waals surface area (Å²) in [5.74, 6) is 0. The predicted octanol–water partition coefficient (Wildman–Crippen LogP) is 0.798. The lowest BCUT2D eigenvalue weighted by Crippen LogP contribution is -2.40. The Balaban J connectivity index is 2.38. The molecule has 0 aromatic heterocycles. The molecule has 2 N–H and O–H groups in total. The van der Waals surface area contributed by atoms with Crippen LogP contribution in [0.5, 0.6) is 0 Å². The van der Waals surface area contributed by atoms with Gasteiger partial charge in [-0.15, -0.1) is 0 Å². The Kier molecular flexibility index (Phi) is 6.81. The largest absolute Gasteiger partial charge is 0.395 e. The molecule has 0 aliphatic rings. The minimum atomic E-state index is -0.278. The summed E-state index contributed by atoms with van der Waals surface area (Å²) >= 11 is 0. The maximum Gasteiger partial charge on any atom is 0.169 e. The van der Waals surface area contributed by atoms with E-state index >= 15 is 0 Å². The zero-order chi connectivity index (χ0) is 12.5. The molecule has 1 aromatic rings. The maximum absolute atomic E-state index is 9.30. The second-order valence-electron chi connectivity index (χ2n) is 3.88. The van der Waals surface area contributed by atoms with Gasteiger partial charge in [-0.25, -0.2) is 0 Å². The Hall–Kier alpha value is -0.940. The molecule has 0 spiro atoms. The molecule has 1 rings (SSSR count). The van der Waals surface area contributed by atoms with Gasteiger partial charge >= 0.3 is 0 Å². The summed E-state index contributed by atoms with van der Waals surface area (Å²) in [7, 11) is 3.20. The van der Waals surface area contributed by atoms with Gasteiger partial charge in [0.25, 0.3) is 0 Å². The molecule has 4 heteroatoms. The van der Waals surface area contributed by atoms with E-state index in [0.717, 1.165) is 6.42 Å². The fourth-order valence-corrected chi connectivity index (χ4v) is 1.63. The molecule has 1 unspecified atom stereocenters. The van der Waals surface area contributed by atoms with Gasteiger partial charge in [0, 0.05) is 26.8 Å². The molecule has 0 saturated carbocycles. The van der Waals surface area contributed by atoms with Gasteiger partial charge in [0.15, 0.2) is 6.29 Å². The van der Waals surface area contributed by atoms with Gasteiger partial charge in [-0.2, -0.15) is 0 Å². The van der Waals surface area contributed by atoms with Crippen LogP contribution in [0.25, 0.3) is 0 Å². The number of hydrogen-bond acceptors (Lipinski definition) is 4. The summed E-state index contributed by atoms with van der Waals surface area (Å²) in [5, 5.41) is 12.5. The third-order valence-corrected chi connectivity index (χ3v) is 2.64. The summed E-state index contributed by atoms with van der Waals surface area (Å²) in [5.41, 5.74) is 1.20. The van der Waals surface area contributed by atoms with Crippen molar-refractivity contribution >= 4 is 0 Å². The second kappa shape index (κ2) is 8.20. The molecule has 4 nitrogen and oxygen atoms in total. The number of methoxy groups -OCH3 is 2. The molecule has 0 fully saturated rings. The fraction of sp³-hybridized carbons (Fsp3) is 0.538. The molecule has 17 heavy (non-hydrogen) atoms. The molecule has 0 bridgehead atoms. The highest BCUT2D eigenvalue weighted by Crippen LogP contribution is 2.03. The van der Waals surface area contributed by atoms with Crippen LogP contribution in [0.3, 0.4) is 0 Å². The highest BCUT2D eigenvalue weighted by atomic mass is 16.7. The third-order valence-electron chi connectivity index (χ3n) is 2.64. The van der Waals surface area contributed by atoms with Crippen molar-refractivity contribution in [3.63, 3.8) is 0 Å².